The SMILES string of the molecule is CCC(=O)C(C)(C)[C@H](CC(C)=O)O[Si](C)(C)C(C)(C)C. The van der Waals surface area contributed by atoms with E-state index in [-0.39, 0.29) is 22.7 Å². The number of rotatable bonds is 7. The topological polar surface area (TPSA) is 43.4 Å². The molecule has 4 heteroatoms. The molecular weight excluding hydrogens is 268 g/mol. The molecule has 0 aliphatic rings. The Kier molecular flexibility index (Phi) is 6.36. The van der Waals surface area contributed by atoms with Gasteiger partial charge in [-0.3, -0.25) is 9.59 Å². The first-order valence-electron chi connectivity index (χ1n) is 7.46. The van der Waals surface area contributed by atoms with E-state index in [1.807, 2.05) is 20.8 Å². The van der Waals surface area contributed by atoms with Gasteiger partial charge < -0.3 is 4.43 Å². The molecule has 0 bridgehead atoms. The highest BCUT2D eigenvalue weighted by Crippen LogP contribution is 2.40. The van der Waals surface area contributed by atoms with E-state index in [9.17, 15) is 9.59 Å². The summed E-state index contributed by atoms with van der Waals surface area (Å²) < 4.78 is 6.40. The van der Waals surface area contributed by atoms with Crippen LogP contribution in [0.1, 0.15) is 61.3 Å². The van der Waals surface area contributed by atoms with Crippen LogP contribution >= 0.6 is 0 Å². The van der Waals surface area contributed by atoms with Crippen LogP contribution in [0, 0.1) is 5.41 Å². The molecule has 20 heavy (non-hydrogen) atoms. The van der Waals surface area contributed by atoms with Crippen LogP contribution in [0.2, 0.25) is 18.1 Å². The van der Waals surface area contributed by atoms with E-state index in [0.717, 1.165) is 0 Å². The van der Waals surface area contributed by atoms with E-state index in [1.54, 1.807) is 6.92 Å². The zero-order valence-corrected chi connectivity index (χ0v) is 15.7. The quantitative estimate of drug-likeness (QED) is 0.656. The number of hydrogen-bond donors (Lipinski definition) is 0. The minimum atomic E-state index is -2.01. The predicted molar refractivity (Wildman–Crippen MR) is 86.4 cm³/mol. The minimum Gasteiger partial charge on any atom is -0.412 e. The average molecular weight is 301 g/mol. The van der Waals surface area contributed by atoms with Crippen molar-refractivity contribution < 1.29 is 14.0 Å². The van der Waals surface area contributed by atoms with Gasteiger partial charge in [-0.2, -0.15) is 0 Å². The molecule has 0 aliphatic heterocycles. The molecule has 0 N–H and O–H groups in total. The van der Waals surface area contributed by atoms with Crippen molar-refractivity contribution >= 4 is 19.9 Å². The molecule has 118 valence electrons. The monoisotopic (exact) mass is 300 g/mol. The summed E-state index contributed by atoms with van der Waals surface area (Å²) in [7, 11) is -2.01. The van der Waals surface area contributed by atoms with Gasteiger partial charge >= 0.3 is 0 Å². The second kappa shape index (κ2) is 6.52. The van der Waals surface area contributed by atoms with E-state index < -0.39 is 13.7 Å². The Labute approximate surface area is 125 Å². The molecule has 0 rings (SSSR count). The van der Waals surface area contributed by atoms with Gasteiger partial charge in [0.1, 0.15) is 11.6 Å². The van der Waals surface area contributed by atoms with Gasteiger partial charge in [0, 0.05) is 18.3 Å². The Morgan fingerprint density at radius 1 is 1.10 bits per heavy atom. The highest BCUT2D eigenvalue weighted by molar-refractivity contribution is 6.74. The van der Waals surface area contributed by atoms with Crippen molar-refractivity contribution in [3.63, 3.8) is 0 Å². The molecule has 0 spiro atoms. The summed E-state index contributed by atoms with van der Waals surface area (Å²) in [5, 5.41) is 0.0629. The average Bonchev–Trinajstić information content (AvgIpc) is 2.24. The van der Waals surface area contributed by atoms with Crippen LogP contribution in [0.4, 0.5) is 0 Å². The number of ketones is 2. The largest absolute Gasteiger partial charge is 0.412 e. The first-order valence-corrected chi connectivity index (χ1v) is 10.4. The third-order valence-electron chi connectivity index (χ3n) is 4.56. The van der Waals surface area contributed by atoms with Crippen molar-refractivity contribution in [3.8, 4) is 0 Å². The second-order valence-electron chi connectivity index (χ2n) is 7.77. The van der Waals surface area contributed by atoms with Gasteiger partial charge in [0.15, 0.2) is 8.32 Å². The number of carbonyl (C=O) groups is 2. The lowest BCUT2D eigenvalue weighted by Gasteiger charge is -2.43. The lowest BCUT2D eigenvalue weighted by Crippen LogP contribution is -2.50. The van der Waals surface area contributed by atoms with Gasteiger partial charge in [0.25, 0.3) is 0 Å². The first-order chi connectivity index (χ1) is 8.75. The fraction of sp³-hybridized carbons (Fsp3) is 0.875. The normalized spacial score (nSPS) is 15.1. The molecule has 3 nitrogen and oxygen atoms in total. The van der Waals surface area contributed by atoms with E-state index in [0.29, 0.717) is 12.8 Å². The fourth-order valence-corrected chi connectivity index (χ4v) is 3.32. The Morgan fingerprint density at radius 3 is 1.85 bits per heavy atom. The van der Waals surface area contributed by atoms with Crippen LogP contribution in [-0.4, -0.2) is 26.0 Å². The molecule has 0 saturated heterocycles. The molecule has 0 heterocycles. The van der Waals surface area contributed by atoms with Crippen molar-refractivity contribution in [2.45, 2.75) is 85.5 Å². The highest BCUT2D eigenvalue weighted by atomic mass is 28.4. The van der Waals surface area contributed by atoms with Crippen molar-refractivity contribution in [2.24, 2.45) is 5.41 Å². The third kappa shape index (κ3) is 4.81. The minimum absolute atomic E-state index is 0.0629. The van der Waals surface area contributed by atoms with E-state index in [2.05, 4.69) is 33.9 Å². The summed E-state index contributed by atoms with van der Waals surface area (Å²) in [5.41, 5.74) is -0.615. The molecule has 1 atom stereocenters. The fourth-order valence-electron chi connectivity index (χ4n) is 1.87. The van der Waals surface area contributed by atoms with Crippen LogP contribution in [0.5, 0.6) is 0 Å². The molecule has 0 saturated carbocycles. The number of Topliss-reactive ketones (excluding diaryl/α,β-unsaturated/α-hetero) is 2. The maximum absolute atomic E-state index is 12.2. The van der Waals surface area contributed by atoms with Crippen LogP contribution in [0.3, 0.4) is 0 Å². The van der Waals surface area contributed by atoms with Gasteiger partial charge in [0.2, 0.25) is 0 Å². The van der Waals surface area contributed by atoms with Gasteiger partial charge in [-0.15, -0.1) is 0 Å². The van der Waals surface area contributed by atoms with Crippen molar-refractivity contribution in [3.05, 3.63) is 0 Å². The zero-order valence-electron chi connectivity index (χ0n) is 14.7. The molecule has 0 unspecified atom stereocenters. The number of hydrogen-bond acceptors (Lipinski definition) is 3. The van der Waals surface area contributed by atoms with Gasteiger partial charge in [-0.25, -0.2) is 0 Å². The summed E-state index contributed by atoms with van der Waals surface area (Å²) in [6.45, 7) is 18.0. The molecule has 0 aliphatic carbocycles. The highest BCUT2D eigenvalue weighted by Gasteiger charge is 2.45. The second-order valence-corrected chi connectivity index (χ2v) is 12.5. The molecular formula is C16H32O3Si. The zero-order chi connectivity index (χ0) is 16.4. The predicted octanol–water partition coefficient (Wildman–Crippen LogP) is 4.36. The van der Waals surface area contributed by atoms with Gasteiger partial charge in [-0.1, -0.05) is 41.5 Å². The molecule has 0 fully saturated rings. The van der Waals surface area contributed by atoms with Crippen molar-refractivity contribution in [2.75, 3.05) is 0 Å². The summed E-state index contributed by atoms with van der Waals surface area (Å²) in [6, 6.07) is 0. The van der Waals surface area contributed by atoms with E-state index >= 15 is 0 Å². The van der Waals surface area contributed by atoms with E-state index in [1.165, 1.54) is 0 Å². The van der Waals surface area contributed by atoms with Crippen LogP contribution in [0.25, 0.3) is 0 Å². The molecule has 0 aromatic carbocycles. The molecule has 0 aromatic heterocycles. The Bertz CT molecular complexity index is 364. The number of carbonyl (C=O) groups excluding carboxylic acids is 2. The van der Waals surface area contributed by atoms with Crippen molar-refractivity contribution in [1.82, 2.24) is 0 Å². The smallest absolute Gasteiger partial charge is 0.192 e. The standard InChI is InChI=1S/C16H32O3Si/c1-10-13(18)16(6,7)14(11-12(2)17)19-20(8,9)15(3,4)5/h14H,10-11H2,1-9H3/t14-/m0/s1. The van der Waals surface area contributed by atoms with Gasteiger partial charge in [0.05, 0.1) is 6.10 Å². The molecule has 0 aromatic rings. The third-order valence-corrected chi connectivity index (χ3v) is 9.05. The molecule has 0 radical (unpaired) electrons. The summed E-state index contributed by atoms with van der Waals surface area (Å²) in [6.07, 6.45) is 0.460. The summed E-state index contributed by atoms with van der Waals surface area (Å²) in [5.74, 6) is 0.230. The Balaban J connectivity index is 5.39. The lowest BCUT2D eigenvalue weighted by atomic mass is 9.79. The van der Waals surface area contributed by atoms with Crippen LogP contribution in [-0.2, 0) is 14.0 Å². The van der Waals surface area contributed by atoms with Crippen molar-refractivity contribution in [1.29, 1.82) is 0 Å². The first kappa shape index (κ1) is 19.5. The summed E-state index contributed by atoms with van der Waals surface area (Å²) in [4.78, 5) is 23.8. The van der Waals surface area contributed by atoms with Gasteiger partial charge in [-0.05, 0) is 25.1 Å². The maximum Gasteiger partial charge on any atom is 0.192 e. The van der Waals surface area contributed by atoms with E-state index in [4.69, 9.17) is 4.43 Å². The Morgan fingerprint density at radius 2 is 1.55 bits per heavy atom. The Hall–Kier alpha value is -0.483. The maximum atomic E-state index is 12.2. The molecule has 0 amide bonds. The lowest BCUT2D eigenvalue weighted by molar-refractivity contribution is -0.133. The van der Waals surface area contributed by atoms with Crippen LogP contribution < -0.4 is 0 Å². The van der Waals surface area contributed by atoms with Crippen LogP contribution in [0.15, 0.2) is 0 Å². The summed E-state index contributed by atoms with van der Waals surface area (Å²) >= 11 is 0.